The van der Waals surface area contributed by atoms with Gasteiger partial charge in [0.05, 0.1) is 5.69 Å². The lowest BCUT2D eigenvalue weighted by Gasteiger charge is -2.14. The molecule has 1 N–H and O–H groups in total. The van der Waals surface area contributed by atoms with Gasteiger partial charge in [-0.25, -0.2) is 0 Å². The number of hydrogen-bond acceptors (Lipinski definition) is 4. The van der Waals surface area contributed by atoms with Gasteiger partial charge in [0.2, 0.25) is 11.8 Å². The van der Waals surface area contributed by atoms with Crippen molar-refractivity contribution in [2.75, 3.05) is 4.90 Å². The first kappa shape index (κ1) is 15.0. The molecule has 2 amide bonds. The molecule has 3 rings (SSSR count). The number of hydrogen-bond donors (Lipinski definition) is 1. The van der Waals surface area contributed by atoms with Crippen LogP contribution in [0.25, 0.3) is 0 Å². The van der Waals surface area contributed by atoms with Crippen molar-refractivity contribution >= 4 is 23.3 Å². The molecule has 0 spiro atoms. The number of ketones is 1. The normalized spacial score (nSPS) is 17.6. The van der Waals surface area contributed by atoms with Gasteiger partial charge >= 0.3 is 0 Å². The van der Waals surface area contributed by atoms with Crippen LogP contribution < -0.4 is 4.90 Å². The molecule has 2 aromatic rings. The second-order valence-corrected chi connectivity index (χ2v) is 5.60. The monoisotopic (exact) mass is 309 g/mol. The zero-order chi connectivity index (χ0) is 16.6. The molecule has 23 heavy (non-hydrogen) atoms. The summed E-state index contributed by atoms with van der Waals surface area (Å²) in [5, 5.41) is 9.26. The number of carbonyl (C=O) groups is 3. The summed E-state index contributed by atoms with van der Waals surface area (Å²) in [5.74, 6) is -0.838. The Bertz CT molecular complexity index is 778. The van der Waals surface area contributed by atoms with E-state index >= 15 is 0 Å². The van der Waals surface area contributed by atoms with E-state index in [9.17, 15) is 19.5 Å². The minimum atomic E-state index is -0.305. The van der Waals surface area contributed by atoms with Gasteiger partial charge in [0, 0.05) is 23.5 Å². The van der Waals surface area contributed by atoms with Crippen molar-refractivity contribution in [3.05, 3.63) is 59.7 Å². The van der Waals surface area contributed by atoms with Gasteiger partial charge in [0.15, 0.2) is 5.78 Å². The molecule has 1 unspecified atom stereocenters. The summed E-state index contributed by atoms with van der Waals surface area (Å²) in [5.41, 5.74) is 1.38. The van der Waals surface area contributed by atoms with Crippen molar-refractivity contribution in [2.24, 2.45) is 5.92 Å². The number of rotatable bonds is 3. The van der Waals surface area contributed by atoms with Crippen molar-refractivity contribution in [1.82, 2.24) is 0 Å². The maximum Gasteiger partial charge on any atom is 0.237 e. The summed E-state index contributed by atoms with van der Waals surface area (Å²) >= 11 is 0. The van der Waals surface area contributed by atoms with E-state index in [1.165, 1.54) is 17.0 Å². The third-order valence-corrected chi connectivity index (χ3v) is 3.89. The topological polar surface area (TPSA) is 74.7 Å². The van der Waals surface area contributed by atoms with Gasteiger partial charge in [0.1, 0.15) is 5.75 Å². The predicted octanol–water partition coefficient (Wildman–Crippen LogP) is 2.52. The summed E-state index contributed by atoms with van der Waals surface area (Å²) in [7, 11) is 0. The Morgan fingerprint density at radius 2 is 1.52 bits per heavy atom. The molecule has 1 saturated heterocycles. The van der Waals surface area contributed by atoms with Gasteiger partial charge < -0.3 is 5.11 Å². The highest BCUT2D eigenvalue weighted by molar-refractivity contribution is 6.21. The summed E-state index contributed by atoms with van der Waals surface area (Å²) in [6, 6.07) is 12.4. The van der Waals surface area contributed by atoms with E-state index in [1.54, 1.807) is 43.3 Å². The molecular weight excluding hydrogens is 294 g/mol. The first-order valence-corrected chi connectivity index (χ1v) is 7.28. The third kappa shape index (κ3) is 2.73. The Kier molecular flexibility index (Phi) is 3.70. The second kappa shape index (κ2) is 5.68. The molecule has 116 valence electrons. The number of anilines is 1. The van der Waals surface area contributed by atoms with Crippen LogP contribution in [0.1, 0.15) is 29.3 Å². The van der Waals surface area contributed by atoms with Crippen LogP contribution in [-0.2, 0) is 9.59 Å². The molecule has 0 radical (unpaired) electrons. The number of phenolic OH excluding ortho intramolecular Hbond substituents is 1. The highest BCUT2D eigenvalue weighted by atomic mass is 16.3. The standard InChI is InChI=1S/C18H15NO4/c1-11-10-16(21)19(18(11)23)14-6-2-12(3-7-14)17(22)13-4-8-15(20)9-5-13/h2-9,11,20H,10H2,1H3. The van der Waals surface area contributed by atoms with E-state index in [0.717, 1.165) is 0 Å². The summed E-state index contributed by atoms with van der Waals surface area (Å²) in [6.07, 6.45) is 0.215. The quantitative estimate of drug-likeness (QED) is 0.698. The summed E-state index contributed by atoms with van der Waals surface area (Å²) in [4.78, 5) is 37.4. The SMILES string of the molecule is CC1CC(=O)N(c2ccc(C(=O)c3ccc(O)cc3)cc2)C1=O. The lowest BCUT2D eigenvalue weighted by Crippen LogP contribution is -2.29. The maximum absolute atomic E-state index is 12.3. The lowest BCUT2D eigenvalue weighted by atomic mass is 10.0. The molecule has 5 nitrogen and oxygen atoms in total. The van der Waals surface area contributed by atoms with Crippen LogP contribution in [0.3, 0.4) is 0 Å². The van der Waals surface area contributed by atoms with Gasteiger partial charge in [-0.2, -0.15) is 0 Å². The highest BCUT2D eigenvalue weighted by Crippen LogP contribution is 2.26. The molecule has 0 saturated carbocycles. The Labute approximate surface area is 133 Å². The average molecular weight is 309 g/mol. The van der Waals surface area contributed by atoms with E-state index in [1.807, 2.05) is 0 Å². The smallest absolute Gasteiger partial charge is 0.237 e. The van der Waals surface area contributed by atoms with Crippen LogP contribution in [-0.4, -0.2) is 22.7 Å². The Balaban J connectivity index is 1.85. The summed E-state index contributed by atoms with van der Waals surface area (Å²) < 4.78 is 0. The number of imide groups is 1. The fourth-order valence-electron chi connectivity index (χ4n) is 2.60. The molecule has 1 fully saturated rings. The molecule has 0 aliphatic carbocycles. The van der Waals surface area contributed by atoms with Crippen LogP contribution in [0.4, 0.5) is 5.69 Å². The van der Waals surface area contributed by atoms with Gasteiger partial charge in [-0.05, 0) is 48.5 Å². The van der Waals surface area contributed by atoms with Crippen molar-refractivity contribution < 1.29 is 19.5 Å². The minimum Gasteiger partial charge on any atom is -0.508 e. The van der Waals surface area contributed by atoms with Crippen molar-refractivity contribution in [3.63, 3.8) is 0 Å². The van der Waals surface area contributed by atoms with Gasteiger partial charge in [-0.3, -0.25) is 19.3 Å². The first-order valence-electron chi connectivity index (χ1n) is 7.28. The molecule has 5 heteroatoms. The number of phenols is 1. The van der Waals surface area contributed by atoms with E-state index < -0.39 is 0 Å². The second-order valence-electron chi connectivity index (χ2n) is 5.60. The van der Waals surface area contributed by atoms with Crippen LogP contribution in [0.2, 0.25) is 0 Å². The van der Waals surface area contributed by atoms with Crippen LogP contribution in [0.5, 0.6) is 5.75 Å². The Morgan fingerprint density at radius 3 is 2.00 bits per heavy atom. The van der Waals surface area contributed by atoms with Gasteiger partial charge in [-0.1, -0.05) is 6.92 Å². The number of carbonyl (C=O) groups excluding carboxylic acids is 3. The number of aromatic hydroxyl groups is 1. The molecule has 0 aromatic heterocycles. The van der Waals surface area contributed by atoms with Crippen molar-refractivity contribution in [2.45, 2.75) is 13.3 Å². The Morgan fingerprint density at radius 1 is 1.00 bits per heavy atom. The predicted molar refractivity (Wildman–Crippen MR) is 84.3 cm³/mol. The summed E-state index contributed by atoms with van der Waals surface area (Å²) in [6.45, 7) is 1.73. The number of benzene rings is 2. The van der Waals surface area contributed by atoms with E-state index in [-0.39, 0.29) is 35.7 Å². The van der Waals surface area contributed by atoms with Crippen molar-refractivity contribution in [1.29, 1.82) is 0 Å². The van der Waals surface area contributed by atoms with E-state index in [0.29, 0.717) is 16.8 Å². The fourth-order valence-corrected chi connectivity index (χ4v) is 2.60. The lowest BCUT2D eigenvalue weighted by molar-refractivity contribution is -0.122. The minimum absolute atomic E-state index is 0.0945. The van der Waals surface area contributed by atoms with Gasteiger partial charge in [0.25, 0.3) is 0 Å². The van der Waals surface area contributed by atoms with Crippen LogP contribution in [0.15, 0.2) is 48.5 Å². The molecule has 1 aliphatic heterocycles. The number of nitrogens with zero attached hydrogens (tertiary/aromatic N) is 1. The molecule has 1 atom stereocenters. The zero-order valence-corrected chi connectivity index (χ0v) is 12.5. The molecule has 1 heterocycles. The molecule has 0 bridgehead atoms. The molecular formula is C18H15NO4. The van der Waals surface area contributed by atoms with E-state index in [4.69, 9.17) is 0 Å². The van der Waals surface area contributed by atoms with Gasteiger partial charge in [-0.15, -0.1) is 0 Å². The first-order chi connectivity index (χ1) is 11.0. The Hall–Kier alpha value is -2.95. The third-order valence-electron chi connectivity index (χ3n) is 3.89. The fraction of sp³-hybridized carbons (Fsp3) is 0.167. The molecule has 2 aromatic carbocycles. The van der Waals surface area contributed by atoms with Crippen molar-refractivity contribution in [3.8, 4) is 5.75 Å². The average Bonchev–Trinajstić information content (AvgIpc) is 2.80. The largest absolute Gasteiger partial charge is 0.508 e. The van der Waals surface area contributed by atoms with Crippen LogP contribution >= 0.6 is 0 Å². The number of amides is 2. The zero-order valence-electron chi connectivity index (χ0n) is 12.5. The van der Waals surface area contributed by atoms with E-state index in [2.05, 4.69) is 0 Å². The van der Waals surface area contributed by atoms with Crippen LogP contribution in [0, 0.1) is 5.92 Å². The highest BCUT2D eigenvalue weighted by Gasteiger charge is 2.36. The maximum atomic E-state index is 12.3. The molecule has 1 aliphatic rings.